The molecule has 10 heteroatoms. The molecule has 0 aromatic heterocycles. The number of carbonyl (C=O) groups excluding carboxylic acids is 3. The lowest BCUT2D eigenvalue weighted by Gasteiger charge is -2.31. The highest BCUT2D eigenvalue weighted by molar-refractivity contribution is 6.01. The van der Waals surface area contributed by atoms with E-state index in [0.29, 0.717) is 61.9 Å². The van der Waals surface area contributed by atoms with E-state index in [1.165, 1.54) is 24.3 Å². The zero-order valence-corrected chi connectivity index (χ0v) is 17.9. The van der Waals surface area contributed by atoms with Crippen LogP contribution in [0.5, 0.6) is 11.5 Å². The molecule has 3 N–H and O–H groups in total. The number of benzene rings is 2. The van der Waals surface area contributed by atoms with Gasteiger partial charge in [-0.05, 0) is 49.2 Å². The van der Waals surface area contributed by atoms with Crippen LogP contribution in [0.4, 0.5) is 14.9 Å². The maximum atomic E-state index is 13.0. The second-order valence-electron chi connectivity index (χ2n) is 7.89. The molecule has 0 aliphatic carbocycles. The first kappa shape index (κ1) is 22.5. The van der Waals surface area contributed by atoms with Crippen LogP contribution >= 0.6 is 0 Å². The van der Waals surface area contributed by atoms with Crippen LogP contribution in [0.2, 0.25) is 0 Å². The van der Waals surface area contributed by atoms with Gasteiger partial charge < -0.3 is 20.1 Å². The fraction of sp³-hybridized carbons (Fsp3) is 0.348. The summed E-state index contributed by atoms with van der Waals surface area (Å²) in [7, 11) is 0. The number of amides is 4. The van der Waals surface area contributed by atoms with Gasteiger partial charge in [-0.25, -0.2) is 9.18 Å². The number of halogens is 1. The molecule has 0 radical (unpaired) electrons. The third-order valence-corrected chi connectivity index (χ3v) is 5.45. The van der Waals surface area contributed by atoms with Gasteiger partial charge in [0.2, 0.25) is 5.91 Å². The molecule has 2 aliphatic rings. The second-order valence-corrected chi connectivity index (χ2v) is 7.89. The summed E-state index contributed by atoms with van der Waals surface area (Å²) >= 11 is 0. The molecule has 174 valence electrons. The van der Waals surface area contributed by atoms with E-state index in [1.807, 2.05) is 4.90 Å². The number of anilines is 1. The molecule has 0 unspecified atom stereocenters. The highest BCUT2D eigenvalue weighted by atomic mass is 19.1. The zero-order chi connectivity index (χ0) is 23.2. The molecular weight excluding hydrogens is 431 g/mol. The summed E-state index contributed by atoms with van der Waals surface area (Å²) in [4.78, 5) is 38.6. The van der Waals surface area contributed by atoms with E-state index in [4.69, 9.17) is 9.47 Å². The van der Waals surface area contributed by atoms with Crippen molar-refractivity contribution in [2.75, 3.05) is 38.2 Å². The van der Waals surface area contributed by atoms with E-state index in [2.05, 4.69) is 16.0 Å². The van der Waals surface area contributed by atoms with Crippen molar-refractivity contribution >= 4 is 23.5 Å². The molecular formula is C23H25FN4O5. The third kappa shape index (κ3) is 6.19. The maximum absolute atomic E-state index is 13.0. The molecule has 9 nitrogen and oxygen atoms in total. The first-order chi connectivity index (χ1) is 16.0. The monoisotopic (exact) mass is 456 g/mol. The molecule has 2 aromatic carbocycles. The molecule has 2 aliphatic heterocycles. The highest BCUT2D eigenvalue weighted by Crippen LogP contribution is 2.32. The van der Waals surface area contributed by atoms with Crippen molar-refractivity contribution in [3.05, 3.63) is 53.8 Å². The summed E-state index contributed by atoms with van der Waals surface area (Å²) in [5, 5.41) is 7.87. The fourth-order valence-electron chi connectivity index (χ4n) is 3.76. The van der Waals surface area contributed by atoms with Crippen LogP contribution in [-0.4, -0.2) is 61.6 Å². The number of rotatable bonds is 5. The predicted octanol–water partition coefficient (Wildman–Crippen LogP) is 2.14. The number of fused-ring (bicyclic) bond motifs is 1. The number of imide groups is 1. The van der Waals surface area contributed by atoms with Crippen LogP contribution in [0.15, 0.2) is 42.5 Å². The Kier molecular flexibility index (Phi) is 7.04. The van der Waals surface area contributed by atoms with Crippen molar-refractivity contribution in [2.45, 2.75) is 18.9 Å². The Hall–Kier alpha value is -3.66. The molecule has 4 rings (SSSR count). The Balaban J connectivity index is 1.18. The van der Waals surface area contributed by atoms with Gasteiger partial charge in [-0.3, -0.25) is 19.8 Å². The first-order valence-electron chi connectivity index (χ1n) is 10.8. The smallest absolute Gasteiger partial charge is 0.325 e. The van der Waals surface area contributed by atoms with Gasteiger partial charge in [0, 0.05) is 36.4 Å². The summed E-state index contributed by atoms with van der Waals surface area (Å²) in [6.45, 7) is 2.20. The molecule has 0 spiro atoms. The summed E-state index contributed by atoms with van der Waals surface area (Å²) in [6.07, 6.45) is 1.34. The number of piperidine rings is 1. The Labute approximate surface area is 190 Å². The average Bonchev–Trinajstić information content (AvgIpc) is 2.80. The van der Waals surface area contributed by atoms with Crippen molar-refractivity contribution in [2.24, 2.45) is 0 Å². The minimum absolute atomic E-state index is 0.0274. The molecule has 33 heavy (non-hydrogen) atoms. The van der Waals surface area contributed by atoms with E-state index in [9.17, 15) is 18.8 Å². The lowest BCUT2D eigenvalue weighted by Crippen LogP contribution is -2.48. The van der Waals surface area contributed by atoms with Crippen LogP contribution in [0.25, 0.3) is 0 Å². The van der Waals surface area contributed by atoms with Crippen LogP contribution in [0, 0.1) is 5.82 Å². The number of ether oxygens (including phenoxy) is 2. The van der Waals surface area contributed by atoms with Gasteiger partial charge >= 0.3 is 6.03 Å². The molecule has 1 fully saturated rings. The number of urea groups is 1. The Morgan fingerprint density at radius 2 is 1.67 bits per heavy atom. The number of hydrogen-bond acceptors (Lipinski definition) is 6. The van der Waals surface area contributed by atoms with E-state index in [-0.39, 0.29) is 18.5 Å². The number of likely N-dealkylation sites (tertiary alicyclic amines) is 1. The molecule has 0 atom stereocenters. The summed E-state index contributed by atoms with van der Waals surface area (Å²) in [5.74, 6) is 0.0965. The topological polar surface area (TPSA) is 109 Å². The van der Waals surface area contributed by atoms with Gasteiger partial charge in [0.25, 0.3) is 5.91 Å². The van der Waals surface area contributed by atoms with Crippen molar-refractivity contribution < 1.29 is 28.2 Å². The van der Waals surface area contributed by atoms with Gasteiger partial charge in [0.1, 0.15) is 19.0 Å². The van der Waals surface area contributed by atoms with Crippen LogP contribution in [-0.2, 0) is 4.79 Å². The minimum atomic E-state index is -0.627. The highest BCUT2D eigenvalue weighted by Gasteiger charge is 2.23. The predicted molar refractivity (Wildman–Crippen MR) is 118 cm³/mol. The molecule has 0 bridgehead atoms. The number of carbonyl (C=O) groups is 3. The van der Waals surface area contributed by atoms with Gasteiger partial charge in [0.15, 0.2) is 11.5 Å². The standard InChI is InChI=1S/C23H25FN4O5/c24-16-3-1-15(2-4-16)22(30)25-17-7-9-28(10-8-17)14-21(29)27-23(31)26-18-5-6-19-20(13-18)33-12-11-32-19/h1-6,13,17H,7-12,14H2,(H,25,30)(H2,26,27,29,31). The summed E-state index contributed by atoms with van der Waals surface area (Å²) in [6, 6.07) is 9.75. The number of nitrogens with zero attached hydrogens (tertiary/aromatic N) is 1. The van der Waals surface area contributed by atoms with E-state index in [0.717, 1.165) is 0 Å². The second kappa shape index (κ2) is 10.3. The van der Waals surface area contributed by atoms with Gasteiger partial charge in [-0.2, -0.15) is 0 Å². The van der Waals surface area contributed by atoms with Crippen molar-refractivity contribution in [3.8, 4) is 11.5 Å². The van der Waals surface area contributed by atoms with E-state index in [1.54, 1.807) is 18.2 Å². The van der Waals surface area contributed by atoms with Crippen LogP contribution < -0.4 is 25.4 Å². The minimum Gasteiger partial charge on any atom is -0.486 e. The van der Waals surface area contributed by atoms with Crippen LogP contribution in [0.3, 0.4) is 0 Å². The lowest BCUT2D eigenvalue weighted by molar-refractivity contribution is -0.121. The van der Waals surface area contributed by atoms with Crippen molar-refractivity contribution in [3.63, 3.8) is 0 Å². The lowest BCUT2D eigenvalue weighted by atomic mass is 10.0. The van der Waals surface area contributed by atoms with Gasteiger partial charge in [-0.1, -0.05) is 0 Å². The third-order valence-electron chi connectivity index (χ3n) is 5.45. The summed E-state index contributed by atoms with van der Waals surface area (Å²) < 4.78 is 23.9. The van der Waals surface area contributed by atoms with Crippen molar-refractivity contribution in [1.82, 2.24) is 15.5 Å². The first-order valence-corrected chi connectivity index (χ1v) is 10.8. The quantitative estimate of drug-likeness (QED) is 0.636. The molecule has 2 heterocycles. The van der Waals surface area contributed by atoms with Gasteiger partial charge in [-0.15, -0.1) is 0 Å². The van der Waals surface area contributed by atoms with Crippen molar-refractivity contribution in [1.29, 1.82) is 0 Å². The van der Waals surface area contributed by atoms with Gasteiger partial charge in [0.05, 0.1) is 6.54 Å². The molecule has 1 saturated heterocycles. The zero-order valence-electron chi connectivity index (χ0n) is 17.9. The Morgan fingerprint density at radius 3 is 2.39 bits per heavy atom. The van der Waals surface area contributed by atoms with E-state index >= 15 is 0 Å². The Bertz CT molecular complexity index is 1020. The number of hydrogen-bond donors (Lipinski definition) is 3. The SMILES string of the molecule is O=C(CN1CCC(NC(=O)c2ccc(F)cc2)CC1)NC(=O)Nc1ccc2c(c1)OCCO2. The number of nitrogens with one attached hydrogen (secondary N) is 3. The largest absolute Gasteiger partial charge is 0.486 e. The molecule has 2 aromatic rings. The maximum Gasteiger partial charge on any atom is 0.325 e. The van der Waals surface area contributed by atoms with E-state index < -0.39 is 17.8 Å². The average molecular weight is 456 g/mol. The van der Waals surface area contributed by atoms with Crippen LogP contribution in [0.1, 0.15) is 23.2 Å². The normalized spacial score (nSPS) is 16.0. The molecule has 0 saturated carbocycles. The summed E-state index contributed by atoms with van der Waals surface area (Å²) in [5.41, 5.74) is 0.893. The molecule has 4 amide bonds. The fourth-order valence-corrected chi connectivity index (χ4v) is 3.76. The Morgan fingerprint density at radius 1 is 0.970 bits per heavy atom.